The molecule has 1 aliphatic heterocycles. The lowest BCUT2D eigenvalue weighted by molar-refractivity contribution is -0.133. The summed E-state index contributed by atoms with van der Waals surface area (Å²) in [6.45, 7) is 1.14. The largest absolute Gasteiger partial charge is 0.383 e. The molecular formula is C13H19BrN2O2S. The van der Waals surface area contributed by atoms with Crippen LogP contribution in [-0.4, -0.2) is 37.1 Å². The number of carbonyl (C=O) groups excluding carboxylic acids is 1. The maximum absolute atomic E-state index is 12.3. The van der Waals surface area contributed by atoms with Gasteiger partial charge in [0.15, 0.2) is 0 Å². The van der Waals surface area contributed by atoms with Crippen LogP contribution in [0.3, 0.4) is 0 Å². The molecule has 0 bridgehead atoms. The molecule has 6 heteroatoms. The van der Waals surface area contributed by atoms with Gasteiger partial charge >= 0.3 is 0 Å². The molecule has 2 rings (SSSR count). The Morgan fingerprint density at radius 1 is 1.63 bits per heavy atom. The van der Waals surface area contributed by atoms with Crippen molar-refractivity contribution in [1.29, 1.82) is 0 Å². The minimum atomic E-state index is -0.0264. The molecule has 0 aromatic carbocycles. The molecule has 2 heterocycles. The van der Waals surface area contributed by atoms with Crippen molar-refractivity contribution in [2.24, 2.45) is 5.73 Å². The first-order valence-electron chi connectivity index (χ1n) is 6.41. The molecule has 4 nitrogen and oxygen atoms in total. The van der Waals surface area contributed by atoms with Gasteiger partial charge in [0.2, 0.25) is 5.91 Å². The lowest BCUT2D eigenvalue weighted by Gasteiger charge is -2.32. The van der Waals surface area contributed by atoms with Crippen LogP contribution in [0, 0.1) is 0 Å². The number of methoxy groups -OCH3 is 1. The number of amides is 1. The number of thiophene rings is 1. The van der Waals surface area contributed by atoms with Gasteiger partial charge in [-0.2, -0.15) is 0 Å². The van der Waals surface area contributed by atoms with Crippen molar-refractivity contribution in [3.63, 3.8) is 0 Å². The predicted molar refractivity (Wildman–Crippen MR) is 80.2 cm³/mol. The molecule has 19 heavy (non-hydrogen) atoms. The molecular weight excluding hydrogens is 328 g/mol. The van der Waals surface area contributed by atoms with E-state index in [1.807, 2.05) is 10.3 Å². The minimum Gasteiger partial charge on any atom is -0.383 e. The Morgan fingerprint density at radius 2 is 2.42 bits per heavy atom. The van der Waals surface area contributed by atoms with Crippen molar-refractivity contribution in [1.82, 2.24) is 4.90 Å². The summed E-state index contributed by atoms with van der Waals surface area (Å²) in [5.74, 6) is 0.180. The van der Waals surface area contributed by atoms with Crippen molar-refractivity contribution in [3.8, 4) is 0 Å². The number of nitrogens with zero attached hydrogens (tertiary/aromatic N) is 1. The summed E-state index contributed by atoms with van der Waals surface area (Å²) in [4.78, 5) is 15.3. The molecule has 1 aromatic rings. The fourth-order valence-electron chi connectivity index (χ4n) is 2.48. The van der Waals surface area contributed by atoms with E-state index in [9.17, 15) is 4.79 Å². The Labute approximate surface area is 126 Å². The Hall–Kier alpha value is -0.430. The first-order chi connectivity index (χ1) is 9.13. The van der Waals surface area contributed by atoms with Gasteiger partial charge in [0, 0.05) is 40.8 Å². The smallest absolute Gasteiger partial charge is 0.223 e. The van der Waals surface area contributed by atoms with E-state index >= 15 is 0 Å². The molecule has 0 radical (unpaired) electrons. The first kappa shape index (κ1) is 15.0. The van der Waals surface area contributed by atoms with Gasteiger partial charge in [-0.25, -0.2) is 0 Å². The fraction of sp³-hybridized carbons (Fsp3) is 0.615. The maximum atomic E-state index is 12.3. The van der Waals surface area contributed by atoms with Crippen LogP contribution >= 0.6 is 27.3 Å². The van der Waals surface area contributed by atoms with E-state index in [1.54, 1.807) is 18.4 Å². The van der Waals surface area contributed by atoms with Gasteiger partial charge in [-0.15, -0.1) is 11.3 Å². The second kappa shape index (κ2) is 6.83. The molecule has 1 amide bonds. The van der Waals surface area contributed by atoms with Gasteiger partial charge in [-0.05, 0) is 34.8 Å². The van der Waals surface area contributed by atoms with Crippen molar-refractivity contribution in [3.05, 3.63) is 20.8 Å². The zero-order valence-corrected chi connectivity index (χ0v) is 13.4. The Bertz CT molecular complexity index is 438. The highest BCUT2D eigenvalue weighted by Crippen LogP contribution is 2.34. The fourth-order valence-corrected chi connectivity index (χ4v) is 4.11. The highest BCUT2D eigenvalue weighted by atomic mass is 79.9. The number of ether oxygens (including phenoxy) is 1. The van der Waals surface area contributed by atoms with Crippen molar-refractivity contribution < 1.29 is 9.53 Å². The number of hydrogen-bond acceptors (Lipinski definition) is 4. The van der Waals surface area contributed by atoms with Crippen molar-refractivity contribution in [2.45, 2.75) is 31.3 Å². The average molecular weight is 347 g/mol. The van der Waals surface area contributed by atoms with Crippen LogP contribution in [-0.2, 0) is 9.53 Å². The summed E-state index contributed by atoms with van der Waals surface area (Å²) < 4.78 is 6.16. The Morgan fingerprint density at radius 3 is 3.05 bits per heavy atom. The third kappa shape index (κ3) is 3.56. The third-order valence-corrected chi connectivity index (χ3v) is 5.17. The van der Waals surface area contributed by atoms with E-state index in [-0.39, 0.29) is 18.0 Å². The third-order valence-electron chi connectivity index (χ3n) is 3.41. The predicted octanol–water partition coefficient (Wildman–Crippen LogP) is 2.54. The number of likely N-dealkylation sites (tertiary alicyclic amines) is 1. The summed E-state index contributed by atoms with van der Waals surface area (Å²) in [6, 6.07) is 2.03. The van der Waals surface area contributed by atoms with Gasteiger partial charge in [-0.1, -0.05) is 0 Å². The number of hydrogen-bond donors (Lipinski definition) is 1. The van der Waals surface area contributed by atoms with E-state index in [1.165, 1.54) is 0 Å². The van der Waals surface area contributed by atoms with E-state index in [2.05, 4.69) is 22.0 Å². The second-order valence-electron chi connectivity index (χ2n) is 4.75. The van der Waals surface area contributed by atoms with Gasteiger partial charge in [0.05, 0.1) is 12.6 Å². The SMILES string of the molecule is COCCN1C(=O)CCCC(N)C1c1cc(Br)cs1. The monoisotopic (exact) mass is 346 g/mol. The van der Waals surface area contributed by atoms with Gasteiger partial charge < -0.3 is 15.4 Å². The minimum absolute atomic E-state index is 0.00569. The molecule has 2 unspecified atom stereocenters. The van der Waals surface area contributed by atoms with E-state index in [0.717, 1.165) is 22.2 Å². The molecule has 1 fully saturated rings. The summed E-state index contributed by atoms with van der Waals surface area (Å²) >= 11 is 5.11. The van der Waals surface area contributed by atoms with Gasteiger partial charge in [0.25, 0.3) is 0 Å². The molecule has 0 aliphatic carbocycles. The van der Waals surface area contributed by atoms with Crippen LogP contribution in [0.4, 0.5) is 0 Å². The Balaban J connectivity index is 2.27. The molecule has 2 N–H and O–H groups in total. The molecule has 0 saturated carbocycles. The van der Waals surface area contributed by atoms with Crippen LogP contribution in [0.25, 0.3) is 0 Å². The lowest BCUT2D eigenvalue weighted by atomic mass is 10.0. The van der Waals surface area contributed by atoms with Crippen LogP contribution in [0.5, 0.6) is 0 Å². The van der Waals surface area contributed by atoms with Crippen LogP contribution in [0.15, 0.2) is 15.9 Å². The summed E-state index contributed by atoms with van der Waals surface area (Å²) in [5.41, 5.74) is 6.30. The van der Waals surface area contributed by atoms with Gasteiger partial charge in [-0.3, -0.25) is 4.79 Å². The average Bonchev–Trinajstić information content (AvgIpc) is 2.74. The standard InChI is InChI=1S/C13H19BrN2O2S/c1-18-6-5-16-12(17)4-2-3-10(15)13(16)11-7-9(14)8-19-11/h7-8,10,13H,2-6,15H2,1H3. The lowest BCUT2D eigenvalue weighted by Crippen LogP contribution is -2.43. The molecule has 2 atom stereocenters. The van der Waals surface area contributed by atoms with Crippen LogP contribution in [0.1, 0.15) is 30.2 Å². The summed E-state index contributed by atoms with van der Waals surface area (Å²) in [6.07, 6.45) is 2.34. The van der Waals surface area contributed by atoms with Crippen molar-refractivity contribution >= 4 is 33.2 Å². The zero-order valence-electron chi connectivity index (χ0n) is 11.0. The van der Waals surface area contributed by atoms with Crippen LogP contribution < -0.4 is 5.73 Å². The van der Waals surface area contributed by atoms with E-state index in [4.69, 9.17) is 10.5 Å². The second-order valence-corrected chi connectivity index (χ2v) is 6.61. The van der Waals surface area contributed by atoms with Crippen molar-refractivity contribution in [2.75, 3.05) is 20.3 Å². The van der Waals surface area contributed by atoms with Crippen LogP contribution in [0.2, 0.25) is 0 Å². The number of carbonyl (C=O) groups is 1. The normalized spacial score (nSPS) is 24.6. The molecule has 1 saturated heterocycles. The number of halogens is 1. The molecule has 0 spiro atoms. The van der Waals surface area contributed by atoms with E-state index in [0.29, 0.717) is 19.6 Å². The Kier molecular flexibility index (Phi) is 5.38. The highest BCUT2D eigenvalue weighted by Gasteiger charge is 2.33. The summed E-state index contributed by atoms with van der Waals surface area (Å²) in [7, 11) is 1.65. The van der Waals surface area contributed by atoms with Gasteiger partial charge in [0.1, 0.15) is 0 Å². The molecule has 106 valence electrons. The summed E-state index contributed by atoms with van der Waals surface area (Å²) in [5, 5.41) is 2.03. The quantitative estimate of drug-likeness (QED) is 0.911. The van der Waals surface area contributed by atoms with E-state index < -0.39 is 0 Å². The number of nitrogens with two attached hydrogens (primary N) is 1. The topological polar surface area (TPSA) is 55.6 Å². The molecule has 1 aliphatic rings. The maximum Gasteiger partial charge on any atom is 0.223 e. The first-order valence-corrected chi connectivity index (χ1v) is 8.08. The number of rotatable bonds is 4. The highest BCUT2D eigenvalue weighted by molar-refractivity contribution is 9.10. The molecule has 1 aromatic heterocycles. The zero-order chi connectivity index (χ0) is 13.8.